The summed E-state index contributed by atoms with van der Waals surface area (Å²) >= 11 is 0. The minimum atomic E-state index is -0.911. The van der Waals surface area contributed by atoms with Crippen LogP contribution < -0.4 is 15.0 Å². The van der Waals surface area contributed by atoms with Crippen molar-refractivity contribution < 1.29 is 14.3 Å². The highest BCUT2D eigenvalue weighted by atomic mass is 16.5. The molecule has 0 aliphatic rings. The van der Waals surface area contributed by atoms with Gasteiger partial charge in [-0.05, 0) is 54.7 Å². The third-order valence-electron chi connectivity index (χ3n) is 6.21. The number of hydrogen-bond donors (Lipinski definition) is 1. The van der Waals surface area contributed by atoms with Gasteiger partial charge in [0.15, 0.2) is 0 Å². The summed E-state index contributed by atoms with van der Waals surface area (Å²) in [6.45, 7) is 6.57. The van der Waals surface area contributed by atoms with Gasteiger partial charge in [0.25, 0.3) is 0 Å². The van der Waals surface area contributed by atoms with E-state index in [0.29, 0.717) is 35.0 Å². The van der Waals surface area contributed by atoms with Gasteiger partial charge >= 0.3 is 0 Å². The van der Waals surface area contributed by atoms with Crippen molar-refractivity contribution in [2.75, 3.05) is 18.6 Å². The molecule has 4 aromatic rings. The number of amides is 2. The number of ether oxygens (including phenoxy) is 1. The molecule has 192 valence electrons. The standard InChI is InChI=1S/C29H33N5O3/c1-20(2)16-17-30-29(36)28(22-10-6-5-7-11-22)34(25-18-21(3)14-15-26(25)37-4)27(35)19-33-24-13-9-8-12-23(24)31-32-33/h5-15,18,20,28H,16-17,19H2,1-4H3,(H,30,36). The van der Waals surface area contributed by atoms with E-state index in [2.05, 4.69) is 29.5 Å². The third kappa shape index (κ3) is 5.97. The second-order valence-corrected chi connectivity index (χ2v) is 9.46. The Hall–Kier alpha value is -4.20. The predicted molar refractivity (Wildman–Crippen MR) is 144 cm³/mol. The molecule has 1 atom stereocenters. The van der Waals surface area contributed by atoms with Crippen molar-refractivity contribution in [3.63, 3.8) is 0 Å². The highest BCUT2D eigenvalue weighted by Crippen LogP contribution is 2.36. The monoisotopic (exact) mass is 499 g/mol. The van der Waals surface area contributed by atoms with E-state index in [1.807, 2.05) is 79.7 Å². The molecule has 0 fully saturated rings. The van der Waals surface area contributed by atoms with E-state index in [1.165, 1.54) is 4.90 Å². The molecule has 3 aromatic carbocycles. The number of hydrogen-bond acceptors (Lipinski definition) is 5. The smallest absolute Gasteiger partial charge is 0.249 e. The van der Waals surface area contributed by atoms with E-state index >= 15 is 0 Å². The van der Waals surface area contributed by atoms with E-state index in [0.717, 1.165) is 17.5 Å². The number of benzene rings is 3. The fourth-order valence-electron chi connectivity index (χ4n) is 4.28. The molecule has 0 saturated carbocycles. The fraction of sp³-hybridized carbons (Fsp3) is 0.310. The molecule has 1 N–H and O–H groups in total. The molecule has 2 amide bonds. The van der Waals surface area contributed by atoms with Gasteiger partial charge in [-0.1, -0.05) is 67.6 Å². The SMILES string of the molecule is COc1ccc(C)cc1N(C(=O)Cn1nnc2ccccc21)C(C(=O)NCCC(C)C)c1ccccc1. The molecule has 0 radical (unpaired) electrons. The lowest BCUT2D eigenvalue weighted by Gasteiger charge is -2.32. The van der Waals surface area contributed by atoms with Gasteiger partial charge in [-0.15, -0.1) is 5.10 Å². The lowest BCUT2D eigenvalue weighted by atomic mass is 10.0. The Morgan fingerprint density at radius 3 is 2.49 bits per heavy atom. The molecule has 1 aromatic heterocycles. The van der Waals surface area contributed by atoms with Crippen molar-refractivity contribution in [2.45, 2.75) is 39.8 Å². The third-order valence-corrected chi connectivity index (χ3v) is 6.21. The van der Waals surface area contributed by atoms with Crippen molar-refractivity contribution >= 4 is 28.5 Å². The summed E-state index contributed by atoms with van der Waals surface area (Å²) in [4.78, 5) is 29.4. The largest absolute Gasteiger partial charge is 0.495 e. The average Bonchev–Trinajstić information content (AvgIpc) is 3.30. The van der Waals surface area contributed by atoms with Gasteiger partial charge in [-0.2, -0.15) is 0 Å². The van der Waals surface area contributed by atoms with Crippen molar-refractivity contribution in [1.82, 2.24) is 20.3 Å². The second kappa shape index (κ2) is 11.7. The molecule has 37 heavy (non-hydrogen) atoms. The number of nitrogens with one attached hydrogen (secondary N) is 1. The Kier molecular flexibility index (Phi) is 8.18. The summed E-state index contributed by atoms with van der Waals surface area (Å²) in [5, 5.41) is 11.4. The van der Waals surface area contributed by atoms with E-state index in [4.69, 9.17) is 4.74 Å². The normalized spacial score (nSPS) is 11.9. The van der Waals surface area contributed by atoms with Crippen LogP contribution in [0.4, 0.5) is 5.69 Å². The summed E-state index contributed by atoms with van der Waals surface area (Å²) in [6, 6.07) is 21.5. The van der Waals surface area contributed by atoms with E-state index in [-0.39, 0.29) is 18.4 Å². The van der Waals surface area contributed by atoms with Gasteiger partial charge in [0.05, 0.1) is 18.3 Å². The summed E-state index contributed by atoms with van der Waals surface area (Å²) in [6.07, 6.45) is 0.833. The zero-order valence-electron chi connectivity index (χ0n) is 21.7. The number of nitrogens with zero attached hydrogens (tertiary/aromatic N) is 4. The maximum Gasteiger partial charge on any atom is 0.249 e. The zero-order chi connectivity index (χ0) is 26.4. The molecule has 0 aliphatic heterocycles. The number of carbonyl (C=O) groups is 2. The first-order chi connectivity index (χ1) is 17.9. The van der Waals surface area contributed by atoms with Gasteiger partial charge in [0.1, 0.15) is 23.9 Å². The van der Waals surface area contributed by atoms with Crippen LogP contribution in [0, 0.1) is 12.8 Å². The van der Waals surface area contributed by atoms with Crippen molar-refractivity contribution in [3.05, 3.63) is 83.9 Å². The van der Waals surface area contributed by atoms with Gasteiger partial charge in [-0.3, -0.25) is 14.5 Å². The molecule has 1 unspecified atom stereocenters. The van der Waals surface area contributed by atoms with Crippen molar-refractivity contribution in [2.24, 2.45) is 5.92 Å². The average molecular weight is 500 g/mol. The number of anilines is 1. The van der Waals surface area contributed by atoms with Crippen molar-refractivity contribution in [1.29, 1.82) is 0 Å². The van der Waals surface area contributed by atoms with Crippen LogP contribution in [-0.4, -0.2) is 40.5 Å². The van der Waals surface area contributed by atoms with Crippen LogP contribution in [0.5, 0.6) is 5.75 Å². The van der Waals surface area contributed by atoms with Crippen LogP contribution in [0.3, 0.4) is 0 Å². The van der Waals surface area contributed by atoms with Crippen molar-refractivity contribution in [3.8, 4) is 5.75 Å². The van der Waals surface area contributed by atoms with Crippen LogP contribution >= 0.6 is 0 Å². The fourth-order valence-corrected chi connectivity index (χ4v) is 4.28. The zero-order valence-corrected chi connectivity index (χ0v) is 21.7. The number of carbonyl (C=O) groups excluding carboxylic acids is 2. The lowest BCUT2D eigenvalue weighted by molar-refractivity contribution is -0.127. The number of aryl methyl sites for hydroxylation is 1. The van der Waals surface area contributed by atoms with E-state index in [1.54, 1.807) is 11.8 Å². The molecule has 8 heteroatoms. The minimum Gasteiger partial charge on any atom is -0.495 e. The van der Waals surface area contributed by atoms with Crippen LogP contribution in [0.15, 0.2) is 72.8 Å². The highest BCUT2D eigenvalue weighted by molar-refractivity contribution is 6.02. The van der Waals surface area contributed by atoms with E-state index in [9.17, 15) is 9.59 Å². The molecular weight excluding hydrogens is 466 g/mol. The highest BCUT2D eigenvalue weighted by Gasteiger charge is 2.34. The minimum absolute atomic E-state index is 0.0970. The van der Waals surface area contributed by atoms with Crippen LogP contribution in [0.1, 0.15) is 37.4 Å². The Bertz CT molecular complexity index is 1370. The maximum absolute atomic E-state index is 14.1. The topological polar surface area (TPSA) is 89.3 Å². The molecule has 0 bridgehead atoms. The molecular formula is C29H33N5O3. The van der Waals surface area contributed by atoms with Gasteiger partial charge in [0, 0.05) is 6.54 Å². The molecule has 1 heterocycles. The second-order valence-electron chi connectivity index (χ2n) is 9.46. The van der Waals surface area contributed by atoms with Gasteiger partial charge < -0.3 is 10.1 Å². The Morgan fingerprint density at radius 1 is 1.03 bits per heavy atom. The number of rotatable bonds is 10. The number of para-hydroxylation sites is 1. The van der Waals surface area contributed by atoms with Crippen LogP contribution in [-0.2, 0) is 16.1 Å². The molecule has 0 spiro atoms. The quantitative estimate of drug-likeness (QED) is 0.342. The summed E-state index contributed by atoms with van der Waals surface area (Å²) in [5.41, 5.74) is 3.59. The number of fused-ring (bicyclic) bond motifs is 1. The van der Waals surface area contributed by atoms with Crippen LogP contribution in [0.2, 0.25) is 0 Å². The molecule has 4 rings (SSSR count). The maximum atomic E-state index is 14.1. The summed E-state index contributed by atoms with van der Waals surface area (Å²) in [5.74, 6) is 0.364. The van der Waals surface area contributed by atoms with E-state index < -0.39 is 6.04 Å². The Morgan fingerprint density at radius 2 is 1.76 bits per heavy atom. The first-order valence-electron chi connectivity index (χ1n) is 12.5. The lowest BCUT2D eigenvalue weighted by Crippen LogP contribution is -2.45. The molecule has 8 nitrogen and oxygen atoms in total. The Balaban J connectivity index is 1.81. The summed E-state index contributed by atoms with van der Waals surface area (Å²) < 4.78 is 7.22. The summed E-state index contributed by atoms with van der Waals surface area (Å²) in [7, 11) is 1.56. The predicted octanol–water partition coefficient (Wildman–Crippen LogP) is 4.69. The number of aromatic nitrogens is 3. The molecule has 0 saturated heterocycles. The first-order valence-corrected chi connectivity index (χ1v) is 12.5. The number of methoxy groups -OCH3 is 1. The van der Waals surface area contributed by atoms with Crippen LogP contribution in [0.25, 0.3) is 11.0 Å². The first kappa shape index (κ1) is 25.9. The van der Waals surface area contributed by atoms with Gasteiger partial charge in [0.2, 0.25) is 11.8 Å². The van der Waals surface area contributed by atoms with Gasteiger partial charge in [-0.25, -0.2) is 4.68 Å². The molecule has 0 aliphatic carbocycles. The Labute approximate surface area is 217 Å².